The number of carbonyl (C=O) groups is 1. The molecular formula is C20H22FNO3S2. The van der Waals surface area contributed by atoms with E-state index in [1.807, 2.05) is 12.1 Å². The normalized spacial score (nSPS) is 20.3. The first-order valence-corrected chi connectivity index (χ1v) is 11.5. The smallest absolute Gasteiger partial charge is 0.246 e. The van der Waals surface area contributed by atoms with Gasteiger partial charge in [-0.2, -0.15) is 0 Å². The molecule has 1 heterocycles. The molecule has 1 aromatic heterocycles. The van der Waals surface area contributed by atoms with E-state index in [0.29, 0.717) is 18.4 Å². The number of thiophene rings is 1. The van der Waals surface area contributed by atoms with Crippen molar-refractivity contribution in [1.29, 1.82) is 0 Å². The summed E-state index contributed by atoms with van der Waals surface area (Å²) in [5.74, 6) is -0.505. The second-order valence-corrected chi connectivity index (χ2v) is 10.2. The quantitative estimate of drug-likeness (QED) is 0.704. The Hall–Kier alpha value is -1.99. The first kappa shape index (κ1) is 19.8. The zero-order valence-electron chi connectivity index (χ0n) is 15.3. The summed E-state index contributed by atoms with van der Waals surface area (Å²) in [6, 6.07) is 9.95. The second-order valence-electron chi connectivity index (χ2n) is 6.83. The van der Waals surface area contributed by atoms with Gasteiger partial charge in [0.25, 0.3) is 0 Å². The number of hydrogen-bond donors (Lipinski definition) is 0. The average molecular weight is 408 g/mol. The van der Waals surface area contributed by atoms with Crippen LogP contribution in [-0.2, 0) is 14.6 Å². The number of nitrogens with zero attached hydrogens (tertiary/aromatic N) is 1. The molecule has 4 nitrogen and oxygen atoms in total. The summed E-state index contributed by atoms with van der Waals surface area (Å²) >= 11 is 1.40. The van der Waals surface area contributed by atoms with E-state index in [9.17, 15) is 17.6 Å². The number of sulfone groups is 1. The summed E-state index contributed by atoms with van der Waals surface area (Å²) in [6.07, 6.45) is 6.49. The van der Waals surface area contributed by atoms with Gasteiger partial charge in [-0.05, 0) is 43.5 Å². The van der Waals surface area contributed by atoms with Gasteiger partial charge in [-0.15, -0.1) is 11.3 Å². The van der Waals surface area contributed by atoms with Crippen LogP contribution in [0.5, 0.6) is 0 Å². The molecule has 27 heavy (non-hydrogen) atoms. The van der Waals surface area contributed by atoms with Crippen molar-refractivity contribution < 1.29 is 17.6 Å². The maximum atomic E-state index is 13.9. The molecule has 2 unspecified atom stereocenters. The predicted molar refractivity (Wildman–Crippen MR) is 108 cm³/mol. The second kappa shape index (κ2) is 7.94. The lowest BCUT2D eigenvalue weighted by Gasteiger charge is -2.27. The third-order valence-electron chi connectivity index (χ3n) is 4.97. The van der Waals surface area contributed by atoms with Gasteiger partial charge in [-0.25, -0.2) is 12.8 Å². The van der Waals surface area contributed by atoms with Gasteiger partial charge in [0.05, 0.1) is 5.25 Å². The van der Waals surface area contributed by atoms with Crippen molar-refractivity contribution in [3.8, 4) is 10.4 Å². The molecule has 1 aliphatic rings. The van der Waals surface area contributed by atoms with Gasteiger partial charge in [-0.1, -0.05) is 18.2 Å². The van der Waals surface area contributed by atoms with Crippen LogP contribution in [0.2, 0.25) is 0 Å². The van der Waals surface area contributed by atoms with Crippen molar-refractivity contribution in [1.82, 2.24) is 4.90 Å². The van der Waals surface area contributed by atoms with Crippen LogP contribution in [-0.4, -0.2) is 43.8 Å². The maximum Gasteiger partial charge on any atom is 0.246 e. The largest absolute Gasteiger partial charge is 0.338 e. The number of halogens is 1. The number of rotatable bonds is 5. The van der Waals surface area contributed by atoms with E-state index < -0.39 is 15.1 Å². The lowest BCUT2D eigenvalue weighted by molar-refractivity contribution is -0.126. The van der Waals surface area contributed by atoms with E-state index in [4.69, 9.17) is 0 Å². The monoisotopic (exact) mass is 407 g/mol. The summed E-state index contributed by atoms with van der Waals surface area (Å²) < 4.78 is 37.7. The predicted octanol–water partition coefficient (Wildman–Crippen LogP) is 3.99. The molecule has 0 spiro atoms. The molecule has 1 saturated carbocycles. The Balaban J connectivity index is 1.71. The van der Waals surface area contributed by atoms with E-state index in [1.165, 1.54) is 34.6 Å². The van der Waals surface area contributed by atoms with Crippen LogP contribution in [0.25, 0.3) is 16.5 Å². The van der Waals surface area contributed by atoms with Crippen molar-refractivity contribution in [2.75, 3.05) is 13.3 Å². The van der Waals surface area contributed by atoms with Crippen molar-refractivity contribution >= 4 is 33.2 Å². The highest BCUT2D eigenvalue weighted by atomic mass is 32.2. The summed E-state index contributed by atoms with van der Waals surface area (Å²) in [6.45, 7) is 0. The van der Waals surface area contributed by atoms with Gasteiger partial charge in [0.1, 0.15) is 5.82 Å². The van der Waals surface area contributed by atoms with Gasteiger partial charge in [-0.3, -0.25) is 4.79 Å². The Morgan fingerprint density at radius 1 is 1.22 bits per heavy atom. The molecule has 2 aromatic rings. The minimum atomic E-state index is -3.18. The van der Waals surface area contributed by atoms with Crippen LogP contribution in [0.15, 0.2) is 42.5 Å². The van der Waals surface area contributed by atoms with Crippen LogP contribution < -0.4 is 0 Å². The lowest BCUT2D eigenvalue weighted by atomic mass is 10.2. The van der Waals surface area contributed by atoms with Gasteiger partial charge in [0, 0.05) is 40.7 Å². The molecule has 0 aliphatic heterocycles. The van der Waals surface area contributed by atoms with E-state index >= 15 is 0 Å². The van der Waals surface area contributed by atoms with Gasteiger partial charge in [0.2, 0.25) is 5.91 Å². The zero-order chi connectivity index (χ0) is 19.6. The molecule has 1 amide bonds. The Kier molecular flexibility index (Phi) is 5.81. The molecule has 1 fully saturated rings. The van der Waals surface area contributed by atoms with Gasteiger partial charge in [0.15, 0.2) is 9.84 Å². The number of amides is 1. The molecular weight excluding hydrogens is 385 g/mol. The summed E-state index contributed by atoms with van der Waals surface area (Å²) in [5.41, 5.74) is 0.535. The standard InChI is InChI=1S/C20H22FNO3S2/c1-22(17-8-5-9-19(17)27(2,24)25)20(23)13-11-14-10-12-18(26-14)15-6-3-4-7-16(15)21/h3-4,6-7,10-13,17,19H,5,8-9H2,1-2H3/b13-11+. The molecule has 7 heteroatoms. The summed E-state index contributed by atoms with van der Waals surface area (Å²) in [7, 11) is -1.53. The van der Waals surface area contributed by atoms with Crippen LogP contribution >= 0.6 is 11.3 Å². The van der Waals surface area contributed by atoms with Crippen molar-refractivity contribution in [2.24, 2.45) is 0 Å². The maximum absolute atomic E-state index is 13.9. The number of hydrogen-bond acceptors (Lipinski definition) is 4. The number of benzene rings is 1. The molecule has 144 valence electrons. The fourth-order valence-electron chi connectivity index (χ4n) is 3.53. The minimum absolute atomic E-state index is 0.226. The van der Waals surface area contributed by atoms with Crippen molar-refractivity contribution in [3.05, 3.63) is 53.2 Å². The molecule has 1 aliphatic carbocycles. The van der Waals surface area contributed by atoms with Crippen molar-refractivity contribution in [2.45, 2.75) is 30.6 Å². The third-order valence-corrected chi connectivity index (χ3v) is 7.70. The summed E-state index contributed by atoms with van der Waals surface area (Å²) in [5, 5.41) is -0.491. The van der Waals surface area contributed by atoms with Crippen LogP contribution in [0.4, 0.5) is 4.39 Å². The molecule has 1 aromatic carbocycles. The molecule has 0 saturated heterocycles. The highest BCUT2D eigenvalue weighted by molar-refractivity contribution is 7.91. The fourth-order valence-corrected chi connectivity index (χ4v) is 5.95. The third kappa shape index (κ3) is 4.47. The fraction of sp³-hybridized carbons (Fsp3) is 0.350. The zero-order valence-corrected chi connectivity index (χ0v) is 16.9. The van der Waals surface area contributed by atoms with Crippen molar-refractivity contribution in [3.63, 3.8) is 0 Å². The van der Waals surface area contributed by atoms with Crippen LogP contribution in [0.1, 0.15) is 24.1 Å². The Morgan fingerprint density at radius 3 is 2.67 bits per heavy atom. The number of likely N-dealkylation sites (N-methyl/N-ethyl adjacent to an activating group) is 1. The first-order valence-electron chi connectivity index (χ1n) is 8.76. The molecule has 0 radical (unpaired) electrons. The molecule has 0 bridgehead atoms. The topological polar surface area (TPSA) is 54.5 Å². The lowest BCUT2D eigenvalue weighted by Crippen LogP contribution is -2.43. The van der Waals surface area contributed by atoms with E-state index in [-0.39, 0.29) is 17.8 Å². The van der Waals surface area contributed by atoms with E-state index in [0.717, 1.165) is 16.2 Å². The SMILES string of the molecule is CN(C(=O)/C=C/c1ccc(-c2ccccc2F)s1)C1CCCC1S(C)(=O)=O. The minimum Gasteiger partial charge on any atom is -0.338 e. The number of carbonyl (C=O) groups excluding carboxylic acids is 1. The Bertz CT molecular complexity index is 965. The molecule has 0 N–H and O–H groups in total. The van der Waals surface area contributed by atoms with Gasteiger partial charge >= 0.3 is 0 Å². The molecule has 2 atom stereocenters. The van der Waals surface area contributed by atoms with Crippen LogP contribution in [0, 0.1) is 5.82 Å². The molecule has 3 rings (SSSR count). The van der Waals surface area contributed by atoms with E-state index in [2.05, 4.69) is 0 Å². The van der Waals surface area contributed by atoms with E-state index in [1.54, 1.807) is 31.3 Å². The highest BCUT2D eigenvalue weighted by Gasteiger charge is 2.38. The summed E-state index contributed by atoms with van der Waals surface area (Å²) in [4.78, 5) is 15.7. The Morgan fingerprint density at radius 2 is 1.96 bits per heavy atom. The van der Waals surface area contributed by atoms with Crippen LogP contribution in [0.3, 0.4) is 0 Å². The first-order chi connectivity index (χ1) is 12.8. The average Bonchev–Trinajstić information content (AvgIpc) is 3.28. The Labute approximate surface area is 163 Å². The highest BCUT2D eigenvalue weighted by Crippen LogP contribution is 2.31. The van der Waals surface area contributed by atoms with Gasteiger partial charge < -0.3 is 4.90 Å².